The molecule has 35 heavy (non-hydrogen) atoms. The molecule has 1 aromatic rings. The monoisotopic (exact) mass is 466 g/mol. The SMILES string of the molecule is C=C[N+](=C/C=C\C)Cc1cc(CC2=CC=CC(C)C=C2)cc(CC2=CC(C)(C)C=CC=C2)c1.CC. The standard InChI is InChI=1S/C32H38N.C2H6/c1-6-8-18-33(7-2)25-31-22-29(19-27-14-11-12-26(3)15-16-27)21-30(23-31)20-28-13-9-10-17-32(4,5)24-28;1-2/h6-18,21-24,26H,2,19-20,25H2,1,3-5H3;1-2H3/q+1;/b8-6-,33-18?;. The van der Waals surface area contributed by atoms with Crippen molar-refractivity contribution in [3.05, 3.63) is 132 Å². The Morgan fingerprint density at radius 2 is 1.60 bits per heavy atom. The molecule has 1 aromatic carbocycles. The van der Waals surface area contributed by atoms with Gasteiger partial charge in [0.15, 0.2) is 19.0 Å². The molecule has 3 rings (SSSR count). The zero-order valence-corrected chi connectivity index (χ0v) is 22.7. The Morgan fingerprint density at radius 3 is 2.29 bits per heavy atom. The summed E-state index contributed by atoms with van der Waals surface area (Å²) in [6.07, 6.45) is 32.4. The number of hydrogen-bond donors (Lipinski definition) is 0. The van der Waals surface area contributed by atoms with E-state index in [9.17, 15) is 0 Å². The molecule has 2 aliphatic rings. The number of rotatable bonds is 8. The molecule has 184 valence electrons. The van der Waals surface area contributed by atoms with Crippen LogP contribution in [0.25, 0.3) is 0 Å². The van der Waals surface area contributed by atoms with Crippen LogP contribution in [-0.2, 0) is 19.4 Å². The number of hydrogen-bond acceptors (Lipinski definition) is 0. The minimum Gasteiger partial charge on any atom is -0.201 e. The molecule has 0 N–H and O–H groups in total. The number of nitrogens with zero attached hydrogens (tertiary/aromatic N) is 1. The van der Waals surface area contributed by atoms with E-state index >= 15 is 0 Å². The lowest BCUT2D eigenvalue weighted by Crippen LogP contribution is -2.07. The maximum absolute atomic E-state index is 4.00. The first kappa shape index (κ1) is 28.1. The first-order valence-electron chi connectivity index (χ1n) is 13.0. The summed E-state index contributed by atoms with van der Waals surface area (Å²) in [7, 11) is 0. The van der Waals surface area contributed by atoms with Gasteiger partial charge in [-0.3, -0.25) is 0 Å². The molecule has 0 amide bonds. The second kappa shape index (κ2) is 14.3. The Kier molecular flexibility index (Phi) is 11.4. The van der Waals surface area contributed by atoms with Crippen molar-refractivity contribution in [1.82, 2.24) is 0 Å². The fourth-order valence-electron chi connectivity index (χ4n) is 4.23. The zero-order chi connectivity index (χ0) is 25.7. The second-order valence-electron chi connectivity index (χ2n) is 9.64. The molecule has 0 bridgehead atoms. The van der Waals surface area contributed by atoms with Crippen molar-refractivity contribution in [2.75, 3.05) is 0 Å². The van der Waals surface area contributed by atoms with Crippen molar-refractivity contribution < 1.29 is 4.58 Å². The quantitative estimate of drug-likeness (QED) is 0.266. The van der Waals surface area contributed by atoms with E-state index in [0.717, 1.165) is 19.4 Å². The van der Waals surface area contributed by atoms with Crippen molar-refractivity contribution in [1.29, 1.82) is 0 Å². The molecule has 0 saturated carbocycles. The van der Waals surface area contributed by atoms with Gasteiger partial charge in [0.1, 0.15) is 0 Å². The third-order valence-electron chi connectivity index (χ3n) is 5.84. The van der Waals surface area contributed by atoms with Gasteiger partial charge in [-0.2, -0.15) is 0 Å². The molecule has 2 aliphatic carbocycles. The summed E-state index contributed by atoms with van der Waals surface area (Å²) in [6, 6.07) is 7.08. The molecule has 0 radical (unpaired) electrons. The third kappa shape index (κ3) is 9.91. The van der Waals surface area contributed by atoms with Gasteiger partial charge >= 0.3 is 0 Å². The summed E-state index contributed by atoms with van der Waals surface area (Å²) in [6.45, 7) is 17.6. The van der Waals surface area contributed by atoms with Gasteiger partial charge in [-0.15, -0.1) is 0 Å². The molecule has 1 nitrogen and oxygen atoms in total. The van der Waals surface area contributed by atoms with Gasteiger partial charge in [0, 0.05) is 11.0 Å². The van der Waals surface area contributed by atoms with Gasteiger partial charge in [-0.25, -0.2) is 4.58 Å². The lowest BCUT2D eigenvalue weighted by molar-refractivity contribution is -0.468. The van der Waals surface area contributed by atoms with Crippen LogP contribution in [0.3, 0.4) is 0 Å². The van der Waals surface area contributed by atoms with E-state index in [1.54, 1.807) is 0 Å². The summed E-state index contributed by atoms with van der Waals surface area (Å²) >= 11 is 0. The van der Waals surface area contributed by atoms with Gasteiger partial charge in [0.05, 0.1) is 0 Å². The van der Waals surface area contributed by atoms with Gasteiger partial charge in [0.2, 0.25) is 0 Å². The summed E-state index contributed by atoms with van der Waals surface area (Å²) in [5.41, 5.74) is 6.79. The molecule has 0 fully saturated rings. The first-order chi connectivity index (χ1) is 16.9. The lowest BCUT2D eigenvalue weighted by atomic mass is 9.89. The molecule has 1 heteroatoms. The van der Waals surface area contributed by atoms with Crippen LogP contribution in [0.15, 0.2) is 115 Å². The molecule has 1 atom stereocenters. The van der Waals surface area contributed by atoms with Crippen LogP contribution in [-0.4, -0.2) is 10.8 Å². The highest BCUT2D eigenvalue weighted by molar-refractivity contribution is 5.66. The van der Waals surface area contributed by atoms with E-state index in [1.807, 2.05) is 33.0 Å². The van der Waals surface area contributed by atoms with E-state index in [2.05, 4.69) is 123 Å². The van der Waals surface area contributed by atoms with E-state index in [-0.39, 0.29) is 5.41 Å². The van der Waals surface area contributed by atoms with Gasteiger partial charge in [0.25, 0.3) is 0 Å². The summed E-state index contributed by atoms with van der Waals surface area (Å²) in [5.74, 6) is 0.481. The van der Waals surface area contributed by atoms with Crippen LogP contribution in [0.4, 0.5) is 0 Å². The predicted octanol–water partition coefficient (Wildman–Crippen LogP) is 8.87. The Bertz CT molecular complexity index is 1090. The van der Waals surface area contributed by atoms with Crippen LogP contribution in [0.2, 0.25) is 0 Å². The van der Waals surface area contributed by atoms with Crippen molar-refractivity contribution in [3.8, 4) is 0 Å². The fourth-order valence-corrected chi connectivity index (χ4v) is 4.23. The van der Waals surface area contributed by atoms with Crippen molar-refractivity contribution in [2.45, 2.75) is 60.9 Å². The molecule has 0 aliphatic heterocycles. The van der Waals surface area contributed by atoms with Crippen molar-refractivity contribution in [3.63, 3.8) is 0 Å². The molecule has 0 saturated heterocycles. The normalized spacial score (nSPS) is 18.9. The number of allylic oxidation sites excluding steroid dienone is 14. The minimum atomic E-state index is 0.0688. The van der Waals surface area contributed by atoms with E-state index < -0.39 is 0 Å². The maximum Gasteiger partial charge on any atom is 0.173 e. The Balaban J connectivity index is 0.00000210. The second-order valence-corrected chi connectivity index (χ2v) is 9.64. The number of benzene rings is 1. The molecule has 0 heterocycles. The van der Waals surface area contributed by atoms with E-state index in [1.165, 1.54) is 27.8 Å². The Hall–Kier alpha value is -3.19. The third-order valence-corrected chi connectivity index (χ3v) is 5.84. The van der Waals surface area contributed by atoms with Crippen LogP contribution in [0, 0.1) is 11.3 Å². The Labute approximate surface area is 214 Å². The van der Waals surface area contributed by atoms with E-state index in [0.29, 0.717) is 5.92 Å². The average Bonchev–Trinajstić information content (AvgIpc) is 3.14. The molecule has 0 aromatic heterocycles. The van der Waals surface area contributed by atoms with Crippen LogP contribution in [0.5, 0.6) is 0 Å². The molecule has 1 unspecified atom stereocenters. The summed E-state index contributed by atoms with van der Waals surface area (Å²) in [4.78, 5) is 0. The summed E-state index contributed by atoms with van der Waals surface area (Å²) < 4.78 is 2.13. The fraction of sp³-hybridized carbons (Fsp3) is 0.324. The van der Waals surface area contributed by atoms with Crippen LogP contribution < -0.4 is 0 Å². The molecular weight excluding hydrogens is 422 g/mol. The average molecular weight is 467 g/mol. The van der Waals surface area contributed by atoms with Crippen molar-refractivity contribution in [2.24, 2.45) is 11.3 Å². The minimum absolute atomic E-state index is 0.0688. The van der Waals surface area contributed by atoms with E-state index in [4.69, 9.17) is 0 Å². The van der Waals surface area contributed by atoms with Crippen LogP contribution in [0.1, 0.15) is 58.2 Å². The molecular formula is C34H44N+. The highest BCUT2D eigenvalue weighted by atomic mass is 15.0. The Morgan fingerprint density at radius 1 is 0.914 bits per heavy atom. The van der Waals surface area contributed by atoms with Gasteiger partial charge < -0.3 is 0 Å². The summed E-state index contributed by atoms with van der Waals surface area (Å²) in [5, 5.41) is 0. The highest BCUT2D eigenvalue weighted by Gasteiger charge is 2.14. The van der Waals surface area contributed by atoms with Crippen LogP contribution >= 0.6 is 0 Å². The highest BCUT2D eigenvalue weighted by Crippen LogP contribution is 2.27. The topological polar surface area (TPSA) is 3.01 Å². The van der Waals surface area contributed by atoms with Gasteiger partial charge in [-0.05, 0) is 72.7 Å². The van der Waals surface area contributed by atoms with Crippen molar-refractivity contribution >= 4 is 6.21 Å². The van der Waals surface area contributed by atoms with Gasteiger partial charge in [-0.1, -0.05) is 108 Å². The largest absolute Gasteiger partial charge is 0.201 e. The zero-order valence-electron chi connectivity index (χ0n) is 22.7. The maximum atomic E-state index is 4.00. The molecule has 0 spiro atoms. The smallest absolute Gasteiger partial charge is 0.173 e. The first-order valence-corrected chi connectivity index (χ1v) is 13.0. The predicted molar refractivity (Wildman–Crippen MR) is 156 cm³/mol. The lowest BCUT2D eigenvalue weighted by Gasteiger charge is -2.16.